The largest absolute Gasteiger partial charge is 0.358 e. The van der Waals surface area contributed by atoms with Crippen molar-refractivity contribution in [1.82, 2.24) is 10.3 Å². The van der Waals surface area contributed by atoms with Crippen LogP contribution >= 0.6 is 11.6 Å². The SMILES string of the molecule is Cc1[nH]c2ccc(Cl)cc2c1C(=O)NC(C)C. The quantitative estimate of drug-likeness (QED) is 0.844. The normalized spacial score (nSPS) is 11.1. The van der Waals surface area contributed by atoms with Crippen LogP contribution in [0.4, 0.5) is 0 Å². The lowest BCUT2D eigenvalue weighted by Crippen LogP contribution is -2.30. The minimum atomic E-state index is -0.0639. The molecule has 1 heterocycles. The molecule has 1 aromatic heterocycles. The van der Waals surface area contributed by atoms with Gasteiger partial charge in [0.15, 0.2) is 0 Å². The molecular formula is C13H15ClN2O. The molecule has 0 saturated heterocycles. The van der Waals surface area contributed by atoms with E-state index in [0.29, 0.717) is 10.6 Å². The van der Waals surface area contributed by atoms with Crippen molar-refractivity contribution in [2.75, 3.05) is 0 Å². The first-order valence-corrected chi connectivity index (χ1v) is 5.95. The third-order valence-electron chi connectivity index (χ3n) is 2.59. The first-order chi connectivity index (χ1) is 7.99. The Labute approximate surface area is 105 Å². The second-order valence-electron chi connectivity index (χ2n) is 4.44. The summed E-state index contributed by atoms with van der Waals surface area (Å²) in [5, 5.41) is 4.40. The Morgan fingerprint density at radius 2 is 2.12 bits per heavy atom. The summed E-state index contributed by atoms with van der Waals surface area (Å²) in [6.45, 7) is 5.77. The van der Waals surface area contributed by atoms with Crippen molar-refractivity contribution in [3.8, 4) is 0 Å². The second-order valence-corrected chi connectivity index (χ2v) is 4.88. The third kappa shape index (κ3) is 2.29. The molecule has 2 rings (SSSR count). The number of halogens is 1. The summed E-state index contributed by atoms with van der Waals surface area (Å²) < 4.78 is 0. The molecule has 2 N–H and O–H groups in total. The zero-order valence-electron chi connectivity index (χ0n) is 10.1. The van der Waals surface area contributed by atoms with Crippen LogP contribution in [0.25, 0.3) is 10.9 Å². The number of carbonyl (C=O) groups is 1. The highest BCUT2D eigenvalue weighted by molar-refractivity contribution is 6.31. The van der Waals surface area contributed by atoms with Gasteiger partial charge in [-0.15, -0.1) is 0 Å². The van der Waals surface area contributed by atoms with Crippen LogP contribution in [0, 0.1) is 6.92 Å². The van der Waals surface area contributed by atoms with Gasteiger partial charge < -0.3 is 10.3 Å². The first kappa shape index (κ1) is 12.0. The number of rotatable bonds is 2. The molecule has 0 radical (unpaired) electrons. The van der Waals surface area contributed by atoms with Gasteiger partial charge in [0.05, 0.1) is 5.56 Å². The smallest absolute Gasteiger partial charge is 0.253 e. The molecule has 4 heteroatoms. The number of hydrogen-bond acceptors (Lipinski definition) is 1. The zero-order chi connectivity index (χ0) is 12.6. The van der Waals surface area contributed by atoms with Crippen molar-refractivity contribution < 1.29 is 4.79 Å². The fraction of sp³-hybridized carbons (Fsp3) is 0.308. The fourth-order valence-corrected chi connectivity index (χ4v) is 2.10. The molecule has 2 aromatic rings. The molecule has 0 unspecified atom stereocenters. The van der Waals surface area contributed by atoms with E-state index in [4.69, 9.17) is 11.6 Å². The summed E-state index contributed by atoms with van der Waals surface area (Å²) in [7, 11) is 0. The molecule has 1 amide bonds. The summed E-state index contributed by atoms with van der Waals surface area (Å²) in [5.41, 5.74) is 2.47. The lowest BCUT2D eigenvalue weighted by Gasteiger charge is -2.08. The second kappa shape index (κ2) is 4.41. The van der Waals surface area contributed by atoms with Crippen LogP contribution in [0.15, 0.2) is 18.2 Å². The topological polar surface area (TPSA) is 44.9 Å². The predicted molar refractivity (Wildman–Crippen MR) is 70.6 cm³/mol. The van der Waals surface area contributed by atoms with E-state index in [-0.39, 0.29) is 11.9 Å². The summed E-state index contributed by atoms with van der Waals surface area (Å²) in [5.74, 6) is -0.0639. The molecular weight excluding hydrogens is 236 g/mol. The first-order valence-electron chi connectivity index (χ1n) is 5.57. The Bertz CT molecular complexity index is 572. The number of aromatic amines is 1. The zero-order valence-corrected chi connectivity index (χ0v) is 10.9. The Morgan fingerprint density at radius 3 is 2.76 bits per heavy atom. The van der Waals surface area contributed by atoms with E-state index in [9.17, 15) is 4.79 Å². The van der Waals surface area contributed by atoms with Crippen LogP contribution in [-0.4, -0.2) is 16.9 Å². The van der Waals surface area contributed by atoms with E-state index >= 15 is 0 Å². The van der Waals surface area contributed by atoms with Gasteiger partial charge >= 0.3 is 0 Å². The minimum absolute atomic E-state index is 0.0639. The highest BCUT2D eigenvalue weighted by Crippen LogP contribution is 2.25. The molecule has 0 aliphatic rings. The summed E-state index contributed by atoms with van der Waals surface area (Å²) in [4.78, 5) is 15.3. The molecule has 90 valence electrons. The van der Waals surface area contributed by atoms with E-state index in [1.165, 1.54) is 0 Å². The van der Waals surface area contributed by atoms with Crippen LogP contribution in [0.5, 0.6) is 0 Å². The molecule has 0 fully saturated rings. The van der Waals surface area contributed by atoms with Crippen molar-refractivity contribution in [3.05, 3.63) is 34.5 Å². The molecule has 0 aliphatic carbocycles. The van der Waals surface area contributed by atoms with E-state index in [2.05, 4.69) is 10.3 Å². The molecule has 17 heavy (non-hydrogen) atoms. The molecule has 0 saturated carbocycles. The number of benzene rings is 1. The number of H-pyrrole nitrogens is 1. The minimum Gasteiger partial charge on any atom is -0.358 e. The average Bonchev–Trinajstić information content (AvgIpc) is 2.52. The number of nitrogens with one attached hydrogen (secondary N) is 2. The van der Waals surface area contributed by atoms with Gasteiger partial charge in [0.1, 0.15) is 0 Å². The van der Waals surface area contributed by atoms with Gasteiger partial charge in [-0.3, -0.25) is 4.79 Å². The number of hydrogen-bond donors (Lipinski definition) is 2. The maximum absolute atomic E-state index is 12.1. The number of amides is 1. The lowest BCUT2D eigenvalue weighted by atomic mass is 10.1. The van der Waals surface area contributed by atoms with Gasteiger partial charge in [-0.25, -0.2) is 0 Å². The molecule has 0 aliphatic heterocycles. The molecule has 0 bridgehead atoms. The number of carbonyl (C=O) groups excluding carboxylic acids is 1. The summed E-state index contributed by atoms with van der Waals surface area (Å²) >= 11 is 5.96. The van der Waals surface area contributed by atoms with Crippen LogP contribution < -0.4 is 5.32 Å². The highest BCUT2D eigenvalue weighted by Gasteiger charge is 2.16. The van der Waals surface area contributed by atoms with Crippen molar-refractivity contribution >= 4 is 28.4 Å². The summed E-state index contributed by atoms with van der Waals surface area (Å²) in [6.07, 6.45) is 0. The van der Waals surface area contributed by atoms with Gasteiger partial charge in [0.2, 0.25) is 0 Å². The maximum atomic E-state index is 12.1. The fourth-order valence-electron chi connectivity index (χ4n) is 1.93. The number of aromatic nitrogens is 1. The molecule has 0 spiro atoms. The van der Waals surface area contributed by atoms with Gasteiger partial charge in [-0.1, -0.05) is 11.6 Å². The van der Waals surface area contributed by atoms with E-state index < -0.39 is 0 Å². The van der Waals surface area contributed by atoms with Crippen molar-refractivity contribution in [2.45, 2.75) is 26.8 Å². The Morgan fingerprint density at radius 1 is 1.41 bits per heavy atom. The van der Waals surface area contributed by atoms with Gasteiger partial charge in [-0.2, -0.15) is 0 Å². The highest BCUT2D eigenvalue weighted by atomic mass is 35.5. The van der Waals surface area contributed by atoms with Gasteiger partial charge in [-0.05, 0) is 39.0 Å². The standard InChI is InChI=1S/C13H15ClN2O/c1-7(2)15-13(17)12-8(3)16-11-5-4-9(14)6-10(11)12/h4-7,16H,1-3H3,(H,15,17). The number of aryl methyl sites for hydroxylation is 1. The van der Waals surface area contributed by atoms with Gasteiger partial charge in [0.25, 0.3) is 5.91 Å². The van der Waals surface area contributed by atoms with Crippen molar-refractivity contribution in [2.24, 2.45) is 0 Å². The van der Waals surface area contributed by atoms with E-state index in [1.54, 1.807) is 0 Å². The monoisotopic (exact) mass is 250 g/mol. The molecule has 3 nitrogen and oxygen atoms in total. The molecule has 0 atom stereocenters. The summed E-state index contributed by atoms with van der Waals surface area (Å²) in [6, 6.07) is 5.63. The Kier molecular flexibility index (Phi) is 3.11. The van der Waals surface area contributed by atoms with E-state index in [0.717, 1.165) is 16.6 Å². The average molecular weight is 251 g/mol. The van der Waals surface area contributed by atoms with Crippen LogP contribution in [0.3, 0.4) is 0 Å². The van der Waals surface area contributed by atoms with Crippen LogP contribution in [0.2, 0.25) is 5.02 Å². The maximum Gasteiger partial charge on any atom is 0.253 e. The van der Waals surface area contributed by atoms with Crippen LogP contribution in [-0.2, 0) is 0 Å². The number of fused-ring (bicyclic) bond motifs is 1. The predicted octanol–water partition coefficient (Wildman–Crippen LogP) is 3.27. The lowest BCUT2D eigenvalue weighted by molar-refractivity contribution is 0.0944. The molecule has 1 aromatic carbocycles. The van der Waals surface area contributed by atoms with E-state index in [1.807, 2.05) is 39.0 Å². The third-order valence-corrected chi connectivity index (χ3v) is 2.83. The van der Waals surface area contributed by atoms with Gasteiger partial charge in [0, 0.05) is 27.7 Å². The Balaban J connectivity index is 2.55. The van der Waals surface area contributed by atoms with Crippen molar-refractivity contribution in [3.63, 3.8) is 0 Å². The van der Waals surface area contributed by atoms with Crippen molar-refractivity contribution in [1.29, 1.82) is 0 Å². The Hall–Kier alpha value is -1.48. The van der Waals surface area contributed by atoms with Crippen LogP contribution in [0.1, 0.15) is 29.9 Å².